The molecule has 38 heavy (non-hydrogen) atoms. The lowest BCUT2D eigenvalue weighted by molar-refractivity contribution is 0.304. The number of piperidine rings is 1. The van der Waals surface area contributed by atoms with E-state index in [4.69, 9.17) is 20.8 Å². The number of aromatic nitrogens is 2. The van der Waals surface area contributed by atoms with Crippen molar-refractivity contribution < 1.29 is 0 Å². The molecule has 2 aromatic carbocycles. The average Bonchev–Trinajstić information content (AvgIpc) is 3.34. The summed E-state index contributed by atoms with van der Waals surface area (Å²) in [5.74, 6) is 2.82. The Morgan fingerprint density at radius 3 is 2.79 bits per heavy atom. The van der Waals surface area contributed by atoms with E-state index in [1.165, 1.54) is 11.1 Å². The molecular formula is C30H34N8. The van der Waals surface area contributed by atoms with Crippen LogP contribution in [0.25, 0.3) is 16.6 Å². The summed E-state index contributed by atoms with van der Waals surface area (Å²) in [6.07, 6.45) is 7.96. The molecule has 0 atom stereocenters. The second-order valence-electron chi connectivity index (χ2n) is 10.5. The van der Waals surface area contributed by atoms with Gasteiger partial charge in [0.25, 0.3) is 0 Å². The van der Waals surface area contributed by atoms with E-state index >= 15 is 0 Å². The minimum Gasteiger partial charge on any atom is -0.342 e. The zero-order valence-electron chi connectivity index (χ0n) is 22.2. The van der Waals surface area contributed by atoms with Crippen molar-refractivity contribution in [3.63, 3.8) is 0 Å². The molecule has 0 amide bonds. The van der Waals surface area contributed by atoms with Crippen molar-refractivity contribution in [2.75, 3.05) is 13.1 Å². The molecule has 1 fully saturated rings. The molecule has 0 unspecified atom stereocenters. The zero-order valence-corrected chi connectivity index (χ0v) is 22.2. The third-order valence-corrected chi connectivity index (χ3v) is 7.36. The van der Waals surface area contributed by atoms with Gasteiger partial charge in [-0.25, -0.2) is 9.67 Å². The molecule has 3 aliphatic rings. The second-order valence-corrected chi connectivity index (χ2v) is 10.5. The predicted octanol–water partition coefficient (Wildman–Crippen LogP) is 4.42. The van der Waals surface area contributed by atoms with Gasteiger partial charge in [0.05, 0.1) is 23.9 Å². The Morgan fingerprint density at radius 2 is 1.97 bits per heavy atom. The summed E-state index contributed by atoms with van der Waals surface area (Å²) < 4.78 is 1.96. The maximum atomic E-state index is 6.17. The molecule has 0 aliphatic carbocycles. The van der Waals surface area contributed by atoms with Gasteiger partial charge in [-0.3, -0.25) is 4.90 Å². The van der Waals surface area contributed by atoms with Crippen LogP contribution in [-0.4, -0.2) is 50.6 Å². The summed E-state index contributed by atoms with van der Waals surface area (Å²) in [5, 5.41) is 9.55. The summed E-state index contributed by atoms with van der Waals surface area (Å²) in [5.41, 5.74) is 14.9. The molecule has 6 rings (SSSR count). The Morgan fingerprint density at radius 1 is 1.16 bits per heavy atom. The highest BCUT2D eigenvalue weighted by Crippen LogP contribution is 2.26. The number of guanidine groups is 2. The van der Waals surface area contributed by atoms with Gasteiger partial charge in [0, 0.05) is 36.3 Å². The molecular weight excluding hydrogens is 472 g/mol. The monoisotopic (exact) mass is 506 g/mol. The van der Waals surface area contributed by atoms with E-state index in [0.717, 1.165) is 59.9 Å². The first kappa shape index (κ1) is 24.2. The zero-order chi connectivity index (χ0) is 26.2. The number of hydrogen-bond donors (Lipinski definition) is 2. The summed E-state index contributed by atoms with van der Waals surface area (Å²) in [6.45, 7) is 8.72. The average molecular weight is 507 g/mol. The van der Waals surface area contributed by atoms with Crippen molar-refractivity contribution in [2.45, 2.75) is 46.2 Å². The summed E-state index contributed by atoms with van der Waals surface area (Å²) in [4.78, 5) is 14.3. The highest BCUT2D eigenvalue weighted by molar-refractivity contribution is 6.00. The van der Waals surface area contributed by atoms with Gasteiger partial charge < -0.3 is 16.0 Å². The van der Waals surface area contributed by atoms with Crippen LogP contribution in [0.2, 0.25) is 0 Å². The van der Waals surface area contributed by atoms with Crippen LogP contribution in [0.1, 0.15) is 37.8 Å². The first-order chi connectivity index (χ1) is 18.5. The van der Waals surface area contributed by atoms with Crippen LogP contribution < -0.4 is 11.1 Å². The number of aryl methyl sites for hydroxylation is 1. The van der Waals surface area contributed by atoms with Crippen LogP contribution in [0.4, 0.5) is 0 Å². The van der Waals surface area contributed by atoms with Gasteiger partial charge in [-0.05, 0) is 55.5 Å². The number of hydrogen-bond acceptors (Lipinski definition) is 5. The van der Waals surface area contributed by atoms with Crippen LogP contribution in [0.15, 0.2) is 88.0 Å². The lowest BCUT2D eigenvalue weighted by Gasteiger charge is -2.38. The molecule has 8 nitrogen and oxygen atoms in total. The van der Waals surface area contributed by atoms with Crippen LogP contribution in [0, 0.1) is 12.8 Å². The Labute approximate surface area is 223 Å². The van der Waals surface area contributed by atoms with Gasteiger partial charge in [0.1, 0.15) is 5.82 Å². The molecule has 0 spiro atoms. The first-order valence-electron chi connectivity index (χ1n) is 13.4. The van der Waals surface area contributed by atoms with Crippen LogP contribution in [0.3, 0.4) is 0 Å². The van der Waals surface area contributed by atoms with Crippen LogP contribution in [0.5, 0.6) is 0 Å². The van der Waals surface area contributed by atoms with Gasteiger partial charge in [-0.15, -0.1) is 5.73 Å². The lowest BCUT2D eigenvalue weighted by Crippen LogP contribution is -2.53. The second kappa shape index (κ2) is 9.97. The number of nitrogens with zero attached hydrogens (tertiary/aromatic N) is 6. The van der Waals surface area contributed by atoms with Crippen molar-refractivity contribution in [2.24, 2.45) is 21.6 Å². The highest BCUT2D eigenvalue weighted by atomic mass is 15.5. The number of nitrogens with one attached hydrogen (secondary N) is 1. The van der Waals surface area contributed by atoms with E-state index < -0.39 is 0 Å². The summed E-state index contributed by atoms with van der Waals surface area (Å²) in [6, 6.07) is 14.9. The Bertz CT molecular complexity index is 1520. The molecule has 0 bridgehead atoms. The van der Waals surface area contributed by atoms with E-state index in [-0.39, 0.29) is 6.04 Å². The van der Waals surface area contributed by atoms with Crippen LogP contribution in [-0.2, 0) is 6.54 Å². The van der Waals surface area contributed by atoms with Gasteiger partial charge in [-0.1, -0.05) is 43.7 Å². The van der Waals surface area contributed by atoms with E-state index in [1.807, 2.05) is 27.9 Å². The predicted molar refractivity (Wildman–Crippen MR) is 153 cm³/mol. The lowest BCUT2D eigenvalue weighted by atomic mass is 10.0. The summed E-state index contributed by atoms with van der Waals surface area (Å²) >= 11 is 0. The highest BCUT2D eigenvalue weighted by Gasteiger charge is 2.30. The maximum Gasteiger partial charge on any atom is 0.234 e. The number of nitrogens with two attached hydrogens (primary N) is 1. The minimum absolute atomic E-state index is 0.255. The van der Waals surface area contributed by atoms with Gasteiger partial charge in [0.15, 0.2) is 0 Å². The fraction of sp³-hybridized carbons (Fsp3) is 0.333. The van der Waals surface area contributed by atoms with Gasteiger partial charge in [-0.2, -0.15) is 10.1 Å². The standard InChI is InChI=1S/C30H34N8/c1-20(2)25-8-6-14-37-28(25)33-30(36-15-12-24(31)13-16-36)34-29(37)32-18-22-7-4-5-9-27(22)38-19-23-17-21(3)10-11-26(23)35-38/h4-5,7-11,14,17,19-20,24H,12-13,15-16,18,31H2,1-3H3,(H,32,33,34). The molecule has 1 saturated heterocycles. The third kappa shape index (κ3) is 4.64. The van der Waals surface area contributed by atoms with Crippen molar-refractivity contribution in [1.29, 1.82) is 0 Å². The fourth-order valence-electron chi connectivity index (χ4n) is 5.15. The first-order valence-corrected chi connectivity index (χ1v) is 13.4. The molecule has 8 heteroatoms. The van der Waals surface area contributed by atoms with Crippen molar-refractivity contribution in [3.8, 4) is 5.69 Å². The van der Waals surface area contributed by atoms with Gasteiger partial charge >= 0.3 is 0 Å². The Balaban J connectivity index is 1.37. The Kier molecular flexibility index (Phi) is 6.35. The quantitative estimate of drug-likeness (QED) is 0.512. The van der Waals surface area contributed by atoms with E-state index in [2.05, 4.69) is 79.3 Å². The third-order valence-electron chi connectivity index (χ3n) is 7.36. The number of rotatable bonds is 4. The van der Waals surface area contributed by atoms with E-state index in [1.54, 1.807) is 0 Å². The largest absolute Gasteiger partial charge is 0.342 e. The number of para-hydroxylation sites is 1. The smallest absolute Gasteiger partial charge is 0.234 e. The molecule has 3 aliphatic heterocycles. The summed E-state index contributed by atoms with van der Waals surface area (Å²) in [7, 11) is 0. The van der Waals surface area contributed by atoms with E-state index in [0.29, 0.717) is 18.4 Å². The molecule has 1 aromatic heterocycles. The minimum atomic E-state index is 0.255. The number of likely N-dealkylation sites (tertiary alicyclic amines) is 1. The number of fused-ring (bicyclic) bond motifs is 2. The van der Waals surface area contributed by atoms with Crippen molar-refractivity contribution >= 4 is 22.8 Å². The topological polar surface area (TPSA) is 87.1 Å². The fourth-order valence-corrected chi connectivity index (χ4v) is 5.15. The molecule has 194 valence electrons. The number of aliphatic imine (C=N–C) groups is 2. The molecule has 0 radical (unpaired) electrons. The van der Waals surface area contributed by atoms with Crippen molar-refractivity contribution in [3.05, 3.63) is 89.2 Å². The molecule has 3 aromatic rings. The van der Waals surface area contributed by atoms with E-state index in [9.17, 15) is 0 Å². The number of benzene rings is 2. The van der Waals surface area contributed by atoms with Crippen molar-refractivity contribution in [1.82, 2.24) is 24.9 Å². The number of allylic oxidation sites excluding steroid dienone is 2. The van der Waals surface area contributed by atoms with Gasteiger partial charge in [0.2, 0.25) is 11.9 Å². The molecule has 3 N–H and O–H groups in total. The SMILES string of the molecule is Cc1ccc2nn(-c3ccccc3CN=C3N=C(N4CCC(N)CC4)NC4=C(C(C)C)C=C=CN34)cc2c1. The van der Waals surface area contributed by atoms with Crippen LogP contribution >= 0.6 is 0 Å². The maximum absolute atomic E-state index is 6.17. The molecule has 4 heterocycles. The normalized spacial score (nSPS) is 19.0. The Hall–Kier alpha value is -4.13. The molecule has 0 saturated carbocycles.